The second-order valence-corrected chi connectivity index (χ2v) is 12.0. The monoisotopic (exact) mass is 528 g/mol. The van der Waals surface area contributed by atoms with Gasteiger partial charge >= 0.3 is 0 Å². The van der Waals surface area contributed by atoms with E-state index in [0.29, 0.717) is 0 Å². The van der Waals surface area contributed by atoms with Gasteiger partial charge in [-0.2, -0.15) is 0 Å². The summed E-state index contributed by atoms with van der Waals surface area (Å²) in [5.74, 6) is 0. The van der Waals surface area contributed by atoms with Crippen molar-refractivity contribution in [1.29, 1.82) is 0 Å². The summed E-state index contributed by atoms with van der Waals surface area (Å²) in [4.78, 5) is 0. The molecular formula is C38H44N2. The van der Waals surface area contributed by atoms with Gasteiger partial charge in [0.25, 0.3) is 0 Å². The van der Waals surface area contributed by atoms with E-state index in [1.807, 2.05) is 0 Å². The number of rotatable bonds is 5. The lowest BCUT2D eigenvalue weighted by molar-refractivity contribution is 1.17. The predicted molar refractivity (Wildman–Crippen MR) is 174 cm³/mol. The fourth-order valence-electron chi connectivity index (χ4n) is 6.76. The smallest absolute Gasteiger partial charge is 0.101 e. The van der Waals surface area contributed by atoms with Crippen LogP contribution in [0.3, 0.4) is 0 Å². The van der Waals surface area contributed by atoms with Gasteiger partial charge in [-0.3, -0.25) is 0 Å². The summed E-state index contributed by atoms with van der Waals surface area (Å²) < 4.78 is 0. The Kier molecular flexibility index (Phi) is 8.30. The van der Waals surface area contributed by atoms with Crippen molar-refractivity contribution in [3.63, 3.8) is 0 Å². The molecule has 0 radical (unpaired) electrons. The highest BCUT2D eigenvalue weighted by Gasteiger charge is 2.21. The average Bonchev–Trinajstić information content (AvgIpc) is 2.79. The Bertz CT molecular complexity index is 1360. The van der Waals surface area contributed by atoms with Crippen molar-refractivity contribution in [3.05, 3.63) is 138 Å². The molecule has 0 aromatic heterocycles. The zero-order chi connectivity index (χ0) is 29.5. The lowest BCUT2D eigenvalue weighted by Gasteiger charge is -2.20. The van der Waals surface area contributed by atoms with Crippen LogP contribution in [0, 0.1) is 83.1 Å². The topological polar surface area (TPSA) is 24.7 Å². The van der Waals surface area contributed by atoms with E-state index in [1.54, 1.807) is 0 Å². The summed E-state index contributed by atoms with van der Waals surface area (Å²) in [6.45, 7) is 26.2. The van der Waals surface area contributed by atoms with Gasteiger partial charge < -0.3 is 0 Å². The van der Waals surface area contributed by atoms with Gasteiger partial charge in [-0.1, -0.05) is 70.8 Å². The van der Waals surface area contributed by atoms with E-state index in [0.717, 1.165) is 11.4 Å². The molecule has 0 bridgehead atoms. The zero-order valence-corrected chi connectivity index (χ0v) is 26.5. The van der Waals surface area contributed by atoms with Crippen LogP contribution < -0.4 is 0 Å². The van der Waals surface area contributed by atoms with E-state index >= 15 is 0 Å². The van der Waals surface area contributed by atoms with E-state index in [1.165, 1.54) is 89.0 Å². The summed E-state index contributed by atoms with van der Waals surface area (Å²) in [5, 5.41) is 10.5. The van der Waals surface area contributed by atoms with Crippen LogP contribution >= 0.6 is 0 Å². The molecule has 0 aliphatic rings. The second kappa shape index (κ2) is 11.4. The van der Waals surface area contributed by atoms with Crippen LogP contribution in [0.2, 0.25) is 0 Å². The highest BCUT2D eigenvalue weighted by molar-refractivity contribution is 6.19. The third-order valence-electron chi connectivity index (χ3n) is 7.91. The van der Waals surface area contributed by atoms with Gasteiger partial charge in [-0.25, -0.2) is 0 Å². The minimum atomic E-state index is 0.937. The molecule has 2 nitrogen and oxygen atoms in total. The number of benzene rings is 4. The molecule has 0 fully saturated rings. The quantitative estimate of drug-likeness (QED) is 0.182. The molecule has 0 heterocycles. The maximum atomic E-state index is 5.23. The maximum absolute atomic E-state index is 5.23. The highest BCUT2D eigenvalue weighted by Crippen LogP contribution is 2.29. The summed E-state index contributed by atoms with van der Waals surface area (Å²) in [6.07, 6.45) is 0. The van der Waals surface area contributed by atoms with Gasteiger partial charge in [0.15, 0.2) is 0 Å². The van der Waals surface area contributed by atoms with Gasteiger partial charge in [-0.05, 0) is 128 Å². The van der Waals surface area contributed by atoms with Crippen molar-refractivity contribution in [1.82, 2.24) is 0 Å². The summed E-state index contributed by atoms with van der Waals surface area (Å²) in [5.41, 5.74) is 21.3. The highest BCUT2D eigenvalue weighted by atomic mass is 15.2. The van der Waals surface area contributed by atoms with Crippen LogP contribution in [0.15, 0.2) is 58.7 Å². The molecule has 40 heavy (non-hydrogen) atoms. The Balaban J connectivity index is 2.16. The molecule has 0 atom stereocenters. The minimum Gasteiger partial charge on any atom is -0.149 e. The normalized spacial score (nSPS) is 11.0. The molecule has 0 amide bonds. The number of hydrogen-bond acceptors (Lipinski definition) is 2. The Hall–Kier alpha value is -3.78. The van der Waals surface area contributed by atoms with Crippen molar-refractivity contribution >= 4 is 11.4 Å². The first-order chi connectivity index (χ1) is 18.8. The maximum Gasteiger partial charge on any atom is 0.101 e. The van der Waals surface area contributed by atoms with E-state index in [-0.39, 0.29) is 0 Å². The van der Waals surface area contributed by atoms with Crippen molar-refractivity contribution in [3.8, 4) is 0 Å². The van der Waals surface area contributed by atoms with Gasteiger partial charge in [-0.15, -0.1) is 10.2 Å². The molecule has 206 valence electrons. The van der Waals surface area contributed by atoms with Crippen LogP contribution in [0.25, 0.3) is 0 Å². The third kappa shape index (κ3) is 5.72. The summed E-state index contributed by atoms with van der Waals surface area (Å²) >= 11 is 0. The van der Waals surface area contributed by atoms with E-state index < -0.39 is 0 Å². The Labute approximate surface area is 241 Å². The van der Waals surface area contributed by atoms with Crippen LogP contribution in [-0.2, 0) is 0 Å². The Morgan fingerprint density at radius 3 is 0.600 bits per heavy atom. The molecular weight excluding hydrogens is 484 g/mol. The van der Waals surface area contributed by atoms with Gasteiger partial charge in [0, 0.05) is 22.3 Å². The second-order valence-electron chi connectivity index (χ2n) is 12.0. The minimum absolute atomic E-state index is 0.937. The average molecular weight is 529 g/mol. The number of nitrogens with zero attached hydrogens (tertiary/aromatic N) is 2. The van der Waals surface area contributed by atoms with Crippen LogP contribution in [0.4, 0.5) is 0 Å². The predicted octanol–water partition coefficient (Wildman–Crippen LogP) is 9.68. The van der Waals surface area contributed by atoms with Crippen molar-refractivity contribution in [2.24, 2.45) is 10.2 Å². The van der Waals surface area contributed by atoms with Gasteiger partial charge in [0.2, 0.25) is 0 Å². The lowest BCUT2D eigenvalue weighted by Crippen LogP contribution is -2.15. The zero-order valence-electron chi connectivity index (χ0n) is 26.5. The SMILES string of the molecule is Cc1cc(C)c(C(=NN=C(c2c(C)cc(C)cc2C)c2c(C)cc(C)cc2C)c2c(C)cc(C)cc2C)c(C)c1. The third-order valence-corrected chi connectivity index (χ3v) is 7.91. The molecule has 0 aliphatic carbocycles. The molecule has 0 spiro atoms. The number of hydrogen-bond donors (Lipinski definition) is 0. The number of aryl methyl sites for hydroxylation is 12. The first-order valence-corrected chi connectivity index (χ1v) is 14.3. The van der Waals surface area contributed by atoms with Crippen LogP contribution in [-0.4, -0.2) is 11.4 Å². The van der Waals surface area contributed by atoms with Gasteiger partial charge in [0.1, 0.15) is 11.4 Å². The van der Waals surface area contributed by atoms with E-state index in [4.69, 9.17) is 10.2 Å². The Morgan fingerprint density at radius 2 is 0.450 bits per heavy atom. The molecule has 0 aliphatic heterocycles. The van der Waals surface area contributed by atoms with Gasteiger partial charge in [0.05, 0.1) is 0 Å². The molecule has 0 saturated carbocycles. The van der Waals surface area contributed by atoms with Crippen molar-refractivity contribution in [2.45, 2.75) is 83.1 Å². The first kappa shape index (κ1) is 29.2. The van der Waals surface area contributed by atoms with E-state index in [9.17, 15) is 0 Å². The first-order valence-electron chi connectivity index (χ1n) is 14.3. The van der Waals surface area contributed by atoms with Crippen LogP contribution in [0.1, 0.15) is 89.0 Å². The lowest BCUT2D eigenvalue weighted by atomic mass is 9.87. The Morgan fingerprint density at radius 1 is 0.300 bits per heavy atom. The molecule has 4 rings (SSSR count). The fraction of sp³-hybridized carbons (Fsp3) is 0.316. The van der Waals surface area contributed by atoms with Crippen LogP contribution in [0.5, 0.6) is 0 Å². The standard InChI is InChI=1S/C38H44N2/c1-21-13-25(5)33(26(6)14-21)37(34-27(7)15-22(2)16-28(34)8)39-40-38(35-29(9)17-23(3)18-30(35)10)36-31(11)19-24(4)20-32(36)12/h13-20H,1-12H3. The molecule has 2 heteroatoms. The van der Waals surface area contributed by atoms with E-state index in [2.05, 4.69) is 132 Å². The molecule has 4 aromatic rings. The molecule has 0 saturated heterocycles. The summed E-state index contributed by atoms with van der Waals surface area (Å²) in [7, 11) is 0. The molecule has 0 N–H and O–H groups in total. The molecule has 4 aromatic carbocycles. The molecule has 0 unspecified atom stereocenters. The van der Waals surface area contributed by atoms with Crippen molar-refractivity contribution < 1.29 is 0 Å². The fourth-order valence-corrected chi connectivity index (χ4v) is 6.76. The van der Waals surface area contributed by atoms with Crippen molar-refractivity contribution in [2.75, 3.05) is 0 Å². The summed E-state index contributed by atoms with van der Waals surface area (Å²) in [6, 6.07) is 18.0. The largest absolute Gasteiger partial charge is 0.149 e.